The maximum absolute atomic E-state index is 12.9. The minimum absolute atomic E-state index is 0.165. The van der Waals surface area contributed by atoms with Crippen LogP contribution in [-0.2, 0) is 0 Å². The fraction of sp³-hybridized carbons (Fsp3) is 0.286. The molecule has 0 radical (unpaired) electrons. The summed E-state index contributed by atoms with van der Waals surface area (Å²) < 4.78 is 12.3. The zero-order chi connectivity index (χ0) is 19.8. The minimum Gasteiger partial charge on any atom is -0.454 e. The van der Waals surface area contributed by atoms with E-state index in [-0.39, 0.29) is 30.3 Å². The van der Waals surface area contributed by atoms with Crippen molar-refractivity contribution in [2.24, 2.45) is 0 Å². The molecule has 1 fully saturated rings. The van der Waals surface area contributed by atoms with Gasteiger partial charge in [0.05, 0.1) is 5.52 Å². The number of rotatable bonds is 4. The van der Waals surface area contributed by atoms with Crippen molar-refractivity contribution in [2.45, 2.75) is 31.7 Å². The second-order valence-corrected chi connectivity index (χ2v) is 7.22. The van der Waals surface area contributed by atoms with Gasteiger partial charge in [-0.05, 0) is 37.1 Å². The van der Waals surface area contributed by atoms with Gasteiger partial charge in [0.15, 0.2) is 17.2 Å². The minimum atomic E-state index is -0.396. The summed E-state index contributed by atoms with van der Waals surface area (Å²) in [7, 11) is 0. The van der Waals surface area contributed by atoms with Gasteiger partial charge < -0.3 is 20.1 Å². The molecular formula is C21H20N4O4. The Kier molecular flexibility index (Phi) is 4.31. The van der Waals surface area contributed by atoms with Crippen molar-refractivity contribution in [3.8, 4) is 11.5 Å². The summed E-state index contributed by atoms with van der Waals surface area (Å²) in [6.07, 6.45) is 5.94. The van der Waals surface area contributed by atoms with E-state index in [1.807, 2.05) is 6.07 Å². The molecule has 2 aromatic heterocycles. The van der Waals surface area contributed by atoms with Gasteiger partial charge in [0.25, 0.3) is 11.8 Å². The molecule has 3 aromatic rings. The fourth-order valence-electron chi connectivity index (χ4n) is 3.85. The number of fused-ring (bicyclic) bond motifs is 2. The van der Waals surface area contributed by atoms with Crippen LogP contribution in [0.25, 0.3) is 5.52 Å². The SMILES string of the molecule is O=C(Nc1ccc2c(c1)OCO2)c1nc(C(=O)NC2CCCC2)n2ccccc12. The smallest absolute Gasteiger partial charge is 0.287 e. The van der Waals surface area contributed by atoms with Gasteiger partial charge in [-0.2, -0.15) is 0 Å². The summed E-state index contributed by atoms with van der Waals surface area (Å²) in [6.45, 7) is 0.165. The summed E-state index contributed by atoms with van der Waals surface area (Å²) in [5.74, 6) is 0.770. The number of carbonyl (C=O) groups is 2. The highest BCUT2D eigenvalue weighted by atomic mass is 16.7. The van der Waals surface area contributed by atoms with E-state index in [1.54, 1.807) is 40.9 Å². The topological polar surface area (TPSA) is 94.0 Å². The Morgan fingerprint density at radius 3 is 2.72 bits per heavy atom. The maximum atomic E-state index is 12.9. The van der Waals surface area contributed by atoms with E-state index in [4.69, 9.17) is 9.47 Å². The van der Waals surface area contributed by atoms with Crippen molar-refractivity contribution < 1.29 is 19.1 Å². The summed E-state index contributed by atoms with van der Waals surface area (Å²) in [6, 6.07) is 10.7. The predicted octanol–water partition coefficient (Wildman–Crippen LogP) is 2.99. The number of nitrogens with one attached hydrogen (secondary N) is 2. The van der Waals surface area contributed by atoms with Crippen LogP contribution in [0.5, 0.6) is 11.5 Å². The van der Waals surface area contributed by atoms with Crippen LogP contribution >= 0.6 is 0 Å². The number of ether oxygens (including phenoxy) is 2. The number of carbonyl (C=O) groups excluding carboxylic acids is 2. The Balaban J connectivity index is 1.43. The second kappa shape index (κ2) is 7.12. The number of benzene rings is 1. The molecule has 1 aromatic carbocycles. The highest BCUT2D eigenvalue weighted by molar-refractivity contribution is 6.09. The lowest BCUT2D eigenvalue weighted by Gasteiger charge is -2.10. The predicted molar refractivity (Wildman–Crippen MR) is 105 cm³/mol. The first kappa shape index (κ1) is 17.5. The van der Waals surface area contributed by atoms with Crippen molar-refractivity contribution in [3.05, 3.63) is 54.1 Å². The van der Waals surface area contributed by atoms with Gasteiger partial charge in [0.1, 0.15) is 0 Å². The molecule has 1 aliphatic heterocycles. The quantitative estimate of drug-likeness (QED) is 0.712. The van der Waals surface area contributed by atoms with Crippen LogP contribution in [0.4, 0.5) is 5.69 Å². The Morgan fingerprint density at radius 1 is 1.03 bits per heavy atom. The summed E-state index contributed by atoms with van der Waals surface area (Å²) in [4.78, 5) is 30.1. The Morgan fingerprint density at radius 2 is 1.86 bits per heavy atom. The van der Waals surface area contributed by atoms with E-state index in [1.165, 1.54) is 0 Å². The van der Waals surface area contributed by atoms with Crippen molar-refractivity contribution in [2.75, 3.05) is 12.1 Å². The van der Waals surface area contributed by atoms with Gasteiger partial charge in [-0.1, -0.05) is 18.9 Å². The molecule has 0 atom stereocenters. The molecule has 1 saturated carbocycles. The molecule has 0 bridgehead atoms. The van der Waals surface area contributed by atoms with Gasteiger partial charge in [0.2, 0.25) is 12.6 Å². The van der Waals surface area contributed by atoms with Gasteiger partial charge in [0, 0.05) is 24.0 Å². The van der Waals surface area contributed by atoms with E-state index in [2.05, 4.69) is 15.6 Å². The van der Waals surface area contributed by atoms with Crippen LogP contribution in [-0.4, -0.2) is 34.0 Å². The van der Waals surface area contributed by atoms with E-state index in [0.717, 1.165) is 25.7 Å². The molecular weight excluding hydrogens is 372 g/mol. The maximum Gasteiger partial charge on any atom is 0.287 e. The molecule has 2 N–H and O–H groups in total. The zero-order valence-corrected chi connectivity index (χ0v) is 15.7. The number of aromatic nitrogens is 2. The van der Waals surface area contributed by atoms with Gasteiger partial charge in [-0.25, -0.2) is 4.98 Å². The first-order valence-corrected chi connectivity index (χ1v) is 9.68. The van der Waals surface area contributed by atoms with Crippen molar-refractivity contribution in [3.63, 3.8) is 0 Å². The third kappa shape index (κ3) is 3.26. The number of hydrogen-bond donors (Lipinski definition) is 2. The number of hydrogen-bond acceptors (Lipinski definition) is 5. The lowest BCUT2D eigenvalue weighted by molar-refractivity contribution is 0.0926. The summed E-state index contributed by atoms with van der Waals surface area (Å²) >= 11 is 0. The normalized spacial score (nSPS) is 15.6. The molecule has 8 nitrogen and oxygen atoms in total. The second-order valence-electron chi connectivity index (χ2n) is 7.22. The highest BCUT2D eigenvalue weighted by Gasteiger charge is 2.25. The average Bonchev–Trinajstić information content (AvgIpc) is 3.47. The Bertz CT molecular complexity index is 1100. The lowest BCUT2D eigenvalue weighted by Crippen LogP contribution is -2.33. The van der Waals surface area contributed by atoms with Crippen LogP contribution in [0.1, 0.15) is 46.8 Å². The van der Waals surface area contributed by atoms with Crippen molar-refractivity contribution in [1.82, 2.24) is 14.7 Å². The van der Waals surface area contributed by atoms with E-state index >= 15 is 0 Å². The van der Waals surface area contributed by atoms with Crippen LogP contribution in [0.2, 0.25) is 0 Å². The van der Waals surface area contributed by atoms with Gasteiger partial charge in [-0.3, -0.25) is 14.0 Å². The molecule has 0 saturated heterocycles. The third-order valence-electron chi connectivity index (χ3n) is 5.29. The number of nitrogens with zero attached hydrogens (tertiary/aromatic N) is 2. The van der Waals surface area contributed by atoms with E-state index < -0.39 is 5.91 Å². The molecule has 8 heteroatoms. The number of pyridine rings is 1. The van der Waals surface area contributed by atoms with Crippen LogP contribution in [0.15, 0.2) is 42.6 Å². The highest BCUT2D eigenvalue weighted by Crippen LogP contribution is 2.34. The number of imidazole rings is 1. The van der Waals surface area contributed by atoms with Crippen molar-refractivity contribution >= 4 is 23.0 Å². The molecule has 2 aliphatic rings. The Labute approximate surface area is 166 Å². The molecule has 148 valence electrons. The molecule has 0 spiro atoms. The summed E-state index contributed by atoms with van der Waals surface area (Å²) in [5, 5.41) is 5.86. The zero-order valence-electron chi connectivity index (χ0n) is 15.7. The molecule has 1 aliphatic carbocycles. The summed E-state index contributed by atoms with van der Waals surface area (Å²) in [5.41, 5.74) is 1.33. The molecule has 29 heavy (non-hydrogen) atoms. The van der Waals surface area contributed by atoms with Gasteiger partial charge >= 0.3 is 0 Å². The van der Waals surface area contributed by atoms with Gasteiger partial charge in [-0.15, -0.1) is 0 Å². The number of amides is 2. The van der Waals surface area contributed by atoms with Crippen LogP contribution in [0, 0.1) is 0 Å². The Hall–Kier alpha value is -3.55. The van der Waals surface area contributed by atoms with Crippen LogP contribution in [0.3, 0.4) is 0 Å². The first-order valence-electron chi connectivity index (χ1n) is 9.68. The molecule has 2 amide bonds. The third-order valence-corrected chi connectivity index (χ3v) is 5.29. The average molecular weight is 392 g/mol. The number of anilines is 1. The molecule has 0 unspecified atom stereocenters. The lowest BCUT2D eigenvalue weighted by atomic mass is 10.2. The van der Waals surface area contributed by atoms with E-state index in [9.17, 15) is 9.59 Å². The fourth-order valence-corrected chi connectivity index (χ4v) is 3.85. The van der Waals surface area contributed by atoms with E-state index in [0.29, 0.717) is 22.7 Å². The standard InChI is InChI=1S/C21H20N4O4/c26-20(23-14-8-9-16-17(11-14)29-12-28-16)18-15-7-3-4-10-25(15)19(24-18)21(27)22-13-5-1-2-6-13/h3-4,7-11,13H,1-2,5-6,12H2,(H,22,27)(H,23,26). The van der Waals surface area contributed by atoms with Crippen molar-refractivity contribution in [1.29, 1.82) is 0 Å². The largest absolute Gasteiger partial charge is 0.454 e. The molecule has 3 heterocycles. The monoisotopic (exact) mass is 392 g/mol. The first-order chi connectivity index (χ1) is 14.2. The molecule has 5 rings (SSSR count). The van der Waals surface area contributed by atoms with Crippen LogP contribution < -0.4 is 20.1 Å².